The van der Waals surface area contributed by atoms with Crippen molar-refractivity contribution in [3.05, 3.63) is 0 Å². The van der Waals surface area contributed by atoms with Crippen LogP contribution in [0.15, 0.2) is 5.16 Å². The van der Waals surface area contributed by atoms with Crippen LogP contribution in [0.5, 0.6) is 0 Å². The zero-order valence-corrected chi connectivity index (χ0v) is 35.7. The number of cyclic esters (lactones) is 1. The van der Waals surface area contributed by atoms with Crippen LogP contribution in [0.3, 0.4) is 0 Å². The van der Waals surface area contributed by atoms with Crippen molar-refractivity contribution in [3.8, 4) is 6.07 Å². The van der Waals surface area contributed by atoms with Crippen LogP contribution >= 0.6 is 0 Å². The Kier molecular flexibility index (Phi) is 17.1. The number of carbonyl (C=O) groups is 1. The van der Waals surface area contributed by atoms with Crippen LogP contribution in [-0.2, 0) is 38.1 Å². The molecule has 3 heterocycles. The Hall–Kier alpha value is -2.01. The monoisotopic (exact) mass is 801 g/mol. The minimum absolute atomic E-state index is 0.0275. The van der Waals surface area contributed by atoms with Gasteiger partial charge in [0.25, 0.3) is 0 Å². The fourth-order valence-corrected chi connectivity index (χ4v) is 8.81. The van der Waals surface area contributed by atoms with Gasteiger partial charge in [0.2, 0.25) is 0 Å². The predicted octanol–water partition coefficient (Wildman–Crippen LogP) is 2.50. The second-order valence-corrected chi connectivity index (χ2v) is 17.3. The molecule has 0 spiro atoms. The molecule has 16 heteroatoms. The summed E-state index contributed by atoms with van der Waals surface area (Å²) in [6.45, 7) is 16.8. The molecule has 18 atom stereocenters. The SMILES string of the molecule is CCC1OC(=O)[C@H](C)C(O[C@H]2C[C@@](C)(OC)[C@@H](O)[C@H](C)O2)[C@H](C)[C@@H](O[C@@H]2O[C@H](C)C[C@H](N(C)C)[C@H]2O)[C@](C)(O)C[C@@H](C)/C(=N\OCCC#N)[C@H](C)[C@@H](O)[C@]1(C)O. The van der Waals surface area contributed by atoms with Crippen LogP contribution in [0.25, 0.3) is 0 Å². The Bertz CT molecular complexity index is 1340. The first-order valence-electron chi connectivity index (χ1n) is 20.1. The number of nitriles is 1. The molecule has 2 unspecified atom stereocenters. The van der Waals surface area contributed by atoms with E-state index in [1.54, 1.807) is 55.4 Å². The van der Waals surface area contributed by atoms with Crippen molar-refractivity contribution in [2.24, 2.45) is 28.8 Å². The summed E-state index contributed by atoms with van der Waals surface area (Å²) in [5, 5.41) is 72.3. The molecule has 0 saturated carbocycles. The molecule has 0 amide bonds. The lowest BCUT2D eigenvalue weighted by molar-refractivity contribution is -0.317. The summed E-state index contributed by atoms with van der Waals surface area (Å²) in [4.78, 5) is 21.7. The van der Waals surface area contributed by atoms with Crippen molar-refractivity contribution in [2.45, 2.75) is 186 Å². The number of aliphatic hydroxyl groups excluding tert-OH is 3. The van der Waals surface area contributed by atoms with E-state index in [9.17, 15) is 30.3 Å². The van der Waals surface area contributed by atoms with Gasteiger partial charge in [-0.15, -0.1) is 0 Å². The van der Waals surface area contributed by atoms with Gasteiger partial charge < -0.3 is 63.7 Å². The first-order valence-corrected chi connectivity index (χ1v) is 20.1. The molecule has 3 aliphatic rings. The first kappa shape index (κ1) is 48.4. The molecule has 324 valence electrons. The van der Waals surface area contributed by atoms with Gasteiger partial charge in [-0.2, -0.15) is 5.26 Å². The summed E-state index contributed by atoms with van der Waals surface area (Å²) < 4.78 is 37.5. The highest BCUT2D eigenvalue weighted by atomic mass is 16.7. The summed E-state index contributed by atoms with van der Waals surface area (Å²) in [5.41, 5.74) is -4.51. The molecule has 0 aromatic carbocycles. The van der Waals surface area contributed by atoms with Crippen LogP contribution in [0.1, 0.15) is 101 Å². The fourth-order valence-electron chi connectivity index (χ4n) is 8.81. The summed E-state index contributed by atoms with van der Waals surface area (Å²) in [6.07, 6.45) is -9.48. The van der Waals surface area contributed by atoms with E-state index in [1.165, 1.54) is 14.0 Å². The number of likely N-dealkylation sites (N-methyl/N-ethyl adjacent to an activating group) is 1. The van der Waals surface area contributed by atoms with Crippen molar-refractivity contribution >= 4 is 11.7 Å². The van der Waals surface area contributed by atoms with Crippen molar-refractivity contribution in [3.63, 3.8) is 0 Å². The molecule has 0 bridgehead atoms. The van der Waals surface area contributed by atoms with Gasteiger partial charge in [0, 0.05) is 37.3 Å². The zero-order chi connectivity index (χ0) is 42.5. The van der Waals surface area contributed by atoms with Gasteiger partial charge in [-0.3, -0.25) is 4.79 Å². The molecule has 16 nitrogen and oxygen atoms in total. The summed E-state index contributed by atoms with van der Waals surface area (Å²) in [6, 6.07) is 1.67. The molecule has 3 saturated heterocycles. The molecule has 5 N–H and O–H groups in total. The number of ether oxygens (including phenoxy) is 6. The van der Waals surface area contributed by atoms with E-state index in [0.29, 0.717) is 12.1 Å². The number of aliphatic hydroxyl groups is 5. The largest absolute Gasteiger partial charge is 0.459 e. The third kappa shape index (κ3) is 11.0. The van der Waals surface area contributed by atoms with Crippen molar-refractivity contribution in [1.29, 1.82) is 5.26 Å². The molecule has 3 aliphatic heterocycles. The second kappa shape index (κ2) is 19.8. The van der Waals surface area contributed by atoms with Gasteiger partial charge in [-0.25, -0.2) is 0 Å². The topological polar surface area (TPSA) is 222 Å². The summed E-state index contributed by atoms with van der Waals surface area (Å²) >= 11 is 0. The second-order valence-electron chi connectivity index (χ2n) is 17.3. The van der Waals surface area contributed by atoms with Crippen LogP contribution in [0.2, 0.25) is 0 Å². The lowest BCUT2D eigenvalue weighted by Gasteiger charge is -2.49. The average Bonchev–Trinajstić information content (AvgIpc) is 3.12. The van der Waals surface area contributed by atoms with E-state index in [0.717, 1.165) is 0 Å². The van der Waals surface area contributed by atoms with Gasteiger partial charge >= 0.3 is 5.97 Å². The third-order valence-corrected chi connectivity index (χ3v) is 12.3. The quantitative estimate of drug-likeness (QED) is 0.122. The van der Waals surface area contributed by atoms with Gasteiger partial charge in [-0.05, 0) is 74.9 Å². The molecule has 0 radical (unpaired) electrons. The van der Waals surface area contributed by atoms with Crippen molar-refractivity contribution < 1.29 is 63.6 Å². The van der Waals surface area contributed by atoms with Gasteiger partial charge in [0.1, 0.15) is 30.5 Å². The predicted molar refractivity (Wildman–Crippen MR) is 205 cm³/mol. The Morgan fingerprint density at radius 3 is 2.18 bits per heavy atom. The summed E-state index contributed by atoms with van der Waals surface area (Å²) in [7, 11) is 5.20. The van der Waals surface area contributed by atoms with E-state index in [-0.39, 0.29) is 44.4 Å². The number of carbonyl (C=O) groups excluding carboxylic acids is 1. The molecule has 3 rings (SSSR count). The van der Waals surface area contributed by atoms with E-state index in [4.69, 9.17) is 38.5 Å². The number of methoxy groups -OCH3 is 1. The molecule has 0 aromatic heterocycles. The number of rotatable bonds is 10. The van der Waals surface area contributed by atoms with Crippen molar-refractivity contribution in [2.75, 3.05) is 27.8 Å². The smallest absolute Gasteiger partial charge is 0.311 e. The Balaban J connectivity index is 2.25. The maximum absolute atomic E-state index is 14.3. The molecular formula is C40H71N3O13. The Morgan fingerprint density at radius 1 is 0.964 bits per heavy atom. The number of nitrogens with zero attached hydrogens (tertiary/aromatic N) is 3. The van der Waals surface area contributed by atoms with E-state index >= 15 is 0 Å². The maximum Gasteiger partial charge on any atom is 0.311 e. The average molecular weight is 802 g/mol. The molecular weight excluding hydrogens is 730 g/mol. The molecule has 0 aliphatic carbocycles. The van der Waals surface area contributed by atoms with Crippen LogP contribution in [0, 0.1) is 35.0 Å². The lowest BCUT2D eigenvalue weighted by atomic mass is 9.73. The molecule has 0 aromatic rings. The van der Waals surface area contributed by atoms with Gasteiger partial charge in [0.15, 0.2) is 12.6 Å². The maximum atomic E-state index is 14.3. The van der Waals surface area contributed by atoms with E-state index in [2.05, 4.69) is 5.16 Å². The third-order valence-electron chi connectivity index (χ3n) is 12.3. The summed E-state index contributed by atoms with van der Waals surface area (Å²) in [5.74, 6) is -4.16. The highest BCUT2D eigenvalue weighted by Crippen LogP contribution is 2.41. The number of esters is 1. The number of hydrogen-bond acceptors (Lipinski definition) is 16. The van der Waals surface area contributed by atoms with Crippen LogP contribution in [0.4, 0.5) is 0 Å². The Morgan fingerprint density at radius 2 is 1.61 bits per heavy atom. The highest BCUT2D eigenvalue weighted by molar-refractivity contribution is 5.88. The number of hydrogen-bond donors (Lipinski definition) is 5. The van der Waals surface area contributed by atoms with Gasteiger partial charge in [0.05, 0.1) is 65.8 Å². The van der Waals surface area contributed by atoms with Crippen molar-refractivity contribution in [1.82, 2.24) is 4.90 Å². The van der Waals surface area contributed by atoms with Crippen LogP contribution < -0.4 is 0 Å². The minimum Gasteiger partial charge on any atom is -0.459 e. The van der Waals surface area contributed by atoms with E-state index < -0.39 is 102 Å². The first-order chi connectivity index (χ1) is 26.0. The van der Waals surface area contributed by atoms with Crippen LogP contribution in [-0.4, -0.2) is 154 Å². The normalized spacial score (nSPS) is 46.9. The minimum atomic E-state index is -1.97. The molecule has 3 fully saturated rings. The highest BCUT2D eigenvalue weighted by Gasteiger charge is 2.53. The standard InChI is InChI=1S/C40H71N3O13/c1-14-28-40(10,49)33(45)23(4)30(42-51-17-15-16-41)21(2)19-38(8,48)35(56-37-31(44)27(43(11)12)18-22(3)52-37)24(5)32(25(6)36(47)54-28)55-29-20-39(9,50-13)34(46)26(7)53-29/h21-29,31-35,37,44-46,48-49H,14-15,17-20H2,1-13H3/b42-30+/t21-,22-,23+,24+,25-,26+,27+,28?,29+,31-,32?,33-,34+,35-,37+,38-,39-,40-/m1/s1. The molecule has 56 heavy (non-hydrogen) atoms. The van der Waals surface area contributed by atoms with Gasteiger partial charge in [-0.1, -0.05) is 32.9 Å². The lowest BCUT2D eigenvalue weighted by Crippen LogP contribution is -2.61. The fraction of sp³-hybridized carbons (Fsp3) is 0.925. The zero-order valence-electron chi connectivity index (χ0n) is 35.7. The Labute approximate surface area is 333 Å². The number of oxime groups is 1. The van der Waals surface area contributed by atoms with E-state index in [1.807, 2.05) is 32.0 Å².